The number of carbonyl (C=O) groups excluding carboxylic acids is 5. The summed E-state index contributed by atoms with van der Waals surface area (Å²) >= 11 is 0. The van der Waals surface area contributed by atoms with E-state index in [4.69, 9.17) is 4.74 Å². The zero-order valence-corrected chi connectivity index (χ0v) is 34.3. The van der Waals surface area contributed by atoms with Crippen molar-refractivity contribution in [3.05, 3.63) is 90.0 Å². The minimum absolute atomic E-state index is 0.0259. The van der Waals surface area contributed by atoms with Gasteiger partial charge < -0.3 is 24.8 Å². The van der Waals surface area contributed by atoms with Crippen molar-refractivity contribution in [3.63, 3.8) is 0 Å². The Morgan fingerprint density at radius 2 is 1.49 bits per heavy atom. The number of aromatic amines is 1. The zero-order chi connectivity index (χ0) is 41.0. The predicted molar refractivity (Wildman–Crippen MR) is 222 cm³/mol. The van der Waals surface area contributed by atoms with Crippen LogP contribution in [-0.2, 0) is 35.1 Å². The second-order valence-electron chi connectivity index (χ2n) is 17.1. The average molecular weight is 776 g/mol. The van der Waals surface area contributed by atoms with E-state index in [9.17, 15) is 24.0 Å². The van der Waals surface area contributed by atoms with E-state index in [1.165, 1.54) is 0 Å². The maximum atomic E-state index is 13.8. The lowest BCUT2D eigenvalue weighted by atomic mass is 9.90. The zero-order valence-electron chi connectivity index (χ0n) is 34.3. The molecule has 2 aliphatic rings. The van der Waals surface area contributed by atoms with Crippen LogP contribution in [0.15, 0.2) is 78.9 Å². The van der Waals surface area contributed by atoms with Gasteiger partial charge in [0.2, 0.25) is 17.7 Å². The van der Waals surface area contributed by atoms with Crippen LogP contribution in [0.3, 0.4) is 0 Å². The first-order chi connectivity index (χ1) is 27.1. The third-order valence-electron chi connectivity index (χ3n) is 11.1. The first-order valence-electron chi connectivity index (χ1n) is 20.2. The fourth-order valence-corrected chi connectivity index (χ4v) is 8.23. The molecule has 302 valence electrons. The van der Waals surface area contributed by atoms with Crippen LogP contribution in [0.25, 0.3) is 22.2 Å². The van der Waals surface area contributed by atoms with Crippen LogP contribution in [0.2, 0.25) is 0 Å². The van der Waals surface area contributed by atoms with Crippen LogP contribution in [0.4, 0.5) is 5.69 Å². The summed E-state index contributed by atoms with van der Waals surface area (Å²) in [5, 5.41) is 3.97. The number of nitrogens with one attached hydrogen (secondary N) is 2. The van der Waals surface area contributed by atoms with Gasteiger partial charge in [0.25, 0.3) is 0 Å². The Kier molecular flexibility index (Phi) is 12.7. The van der Waals surface area contributed by atoms with Gasteiger partial charge in [-0.1, -0.05) is 62.4 Å². The number of carbonyl (C=O) groups is 5. The number of likely N-dealkylation sites (tertiary alicyclic amines) is 2. The topological polar surface area (TPSA) is 132 Å². The number of aromatic nitrogens is 1. The lowest BCUT2D eigenvalue weighted by Gasteiger charge is -2.31. The van der Waals surface area contributed by atoms with Crippen molar-refractivity contribution in [3.8, 4) is 11.3 Å². The summed E-state index contributed by atoms with van der Waals surface area (Å²) in [6.07, 6.45) is 2.94. The van der Waals surface area contributed by atoms with Gasteiger partial charge in [-0.2, -0.15) is 0 Å². The summed E-state index contributed by atoms with van der Waals surface area (Å²) < 4.78 is 5.50. The highest BCUT2D eigenvalue weighted by molar-refractivity contribution is 5.99. The third-order valence-corrected chi connectivity index (χ3v) is 11.1. The van der Waals surface area contributed by atoms with Crippen LogP contribution in [0, 0.1) is 11.8 Å². The number of ether oxygens (including phenoxy) is 1. The number of anilines is 1. The largest absolute Gasteiger partial charge is 0.460 e. The molecule has 3 amide bonds. The smallest absolute Gasteiger partial charge is 0.307 e. The average Bonchev–Trinajstić information content (AvgIpc) is 3.94. The van der Waals surface area contributed by atoms with Crippen LogP contribution in [0.5, 0.6) is 0 Å². The van der Waals surface area contributed by atoms with Crippen LogP contribution >= 0.6 is 0 Å². The normalized spacial score (nSPS) is 18.3. The SMILES string of the molecule is CC(C)[C@@H](CC(=O)OC(C)(C)C)C(=O)N1CCC[C@H]1C(=O)Nc1ccc(-c2cc3cc(CC(=O)[C@@H]4CCCN4C(=O)[C@@H](c4ccccc4)N(C)C)ccc3[nH]2)cc1. The van der Waals surface area contributed by atoms with Gasteiger partial charge in [0, 0.05) is 41.8 Å². The molecule has 2 fully saturated rings. The van der Waals surface area contributed by atoms with Crippen molar-refractivity contribution >= 4 is 46.1 Å². The predicted octanol–water partition coefficient (Wildman–Crippen LogP) is 7.17. The Morgan fingerprint density at radius 3 is 2.12 bits per heavy atom. The number of benzene rings is 3. The van der Waals surface area contributed by atoms with Crippen molar-refractivity contribution in [1.82, 2.24) is 19.7 Å². The molecule has 4 atom stereocenters. The fourth-order valence-electron chi connectivity index (χ4n) is 8.23. The van der Waals surface area contributed by atoms with E-state index < -0.39 is 35.6 Å². The van der Waals surface area contributed by atoms with E-state index in [1.807, 2.05) is 112 Å². The van der Waals surface area contributed by atoms with E-state index in [2.05, 4.69) is 10.3 Å². The van der Waals surface area contributed by atoms with Crippen molar-refractivity contribution < 1.29 is 28.7 Å². The molecule has 0 radical (unpaired) electrons. The summed E-state index contributed by atoms with van der Waals surface area (Å²) in [6.45, 7) is 10.3. The molecule has 2 saturated heterocycles. The van der Waals surface area contributed by atoms with Crippen molar-refractivity contribution in [2.75, 3.05) is 32.5 Å². The van der Waals surface area contributed by atoms with Crippen LogP contribution in [-0.4, -0.2) is 94.0 Å². The second-order valence-corrected chi connectivity index (χ2v) is 17.1. The molecule has 3 heterocycles. The molecule has 11 nitrogen and oxygen atoms in total. The Labute approximate surface area is 336 Å². The summed E-state index contributed by atoms with van der Waals surface area (Å²) in [6, 6.07) is 23.8. The van der Waals surface area contributed by atoms with E-state index in [-0.39, 0.29) is 42.3 Å². The van der Waals surface area contributed by atoms with Gasteiger partial charge >= 0.3 is 5.97 Å². The van der Waals surface area contributed by atoms with Crippen molar-refractivity contribution in [1.29, 1.82) is 0 Å². The Morgan fingerprint density at radius 1 is 0.842 bits per heavy atom. The number of rotatable bonds is 13. The van der Waals surface area contributed by atoms with Gasteiger partial charge in [0.05, 0.1) is 18.4 Å². The molecular weight excluding hydrogens is 719 g/mol. The number of fused-ring (bicyclic) bond motifs is 1. The standard InChI is InChI=1S/C46H57N5O6/c1-29(2)35(28-41(53)57-46(3,4)5)44(55)51-24-12-16-39(51)43(54)47-34-20-18-31(19-21-34)37-27-33-25-30(17-22-36(33)48-37)26-40(52)38-15-11-23-50(38)45(56)42(49(6)7)32-13-9-8-10-14-32/h8-10,13-14,17-22,25,27,29,35,38-39,42,48H,11-12,15-16,23-24,26,28H2,1-7H3,(H,47,54)/t35-,38+,39+,42-/m1/s1. The number of nitrogens with zero attached hydrogens (tertiary/aromatic N) is 3. The van der Waals surface area contributed by atoms with Crippen molar-refractivity contribution in [2.45, 2.75) is 96.9 Å². The molecule has 3 aromatic carbocycles. The highest BCUT2D eigenvalue weighted by atomic mass is 16.6. The van der Waals surface area contributed by atoms with Gasteiger partial charge in [-0.25, -0.2) is 0 Å². The number of esters is 1. The molecular formula is C46H57N5O6. The number of ketones is 1. The van der Waals surface area contributed by atoms with E-state index >= 15 is 0 Å². The molecule has 11 heteroatoms. The van der Waals surface area contributed by atoms with Crippen LogP contribution in [0.1, 0.15) is 83.9 Å². The number of hydrogen-bond donors (Lipinski definition) is 2. The molecule has 0 unspecified atom stereocenters. The lowest BCUT2D eigenvalue weighted by molar-refractivity contribution is -0.159. The molecule has 4 aromatic rings. The maximum absolute atomic E-state index is 13.8. The molecule has 0 aliphatic carbocycles. The quantitative estimate of drug-likeness (QED) is 0.138. The molecule has 2 N–H and O–H groups in total. The van der Waals surface area contributed by atoms with Crippen molar-refractivity contribution in [2.24, 2.45) is 11.8 Å². The first-order valence-corrected chi connectivity index (χ1v) is 20.2. The van der Waals surface area contributed by atoms with Gasteiger partial charge in [-0.05, 0) is 113 Å². The van der Waals surface area contributed by atoms with Gasteiger partial charge in [-0.15, -0.1) is 0 Å². The summed E-state index contributed by atoms with van der Waals surface area (Å²) in [7, 11) is 3.79. The Hall–Kier alpha value is -5.29. The third kappa shape index (κ3) is 9.82. The minimum atomic E-state index is -0.644. The Bertz CT molecular complexity index is 2080. The van der Waals surface area contributed by atoms with Gasteiger partial charge in [-0.3, -0.25) is 28.9 Å². The number of likely N-dealkylation sites (N-methyl/N-ethyl adjacent to an activating group) is 1. The van der Waals surface area contributed by atoms with E-state index in [0.29, 0.717) is 38.0 Å². The molecule has 0 spiro atoms. The number of H-pyrrole nitrogens is 1. The maximum Gasteiger partial charge on any atom is 0.307 e. The van der Waals surface area contributed by atoms with Gasteiger partial charge in [0.1, 0.15) is 17.7 Å². The molecule has 0 bridgehead atoms. The lowest BCUT2D eigenvalue weighted by Crippen LogP contribution is -2.47. The fraction of sp³-hybridized carbons (Fsp3) is 0.457. The minimum Gasteiger partial charge on any atom is -0.460 e. The molecule has 57 heavy (non-hydrogen) atoms. The molecule has 2 aliphatic heterocycles. The number of hydrogen-bond acceptors (Lipinski definition) is 7. The molecule has 0 saturated carbocycles. The van der Waals surface area contributed by atoms with E-state index in [0.717, 1.165) is 39.7 Å². The summed E-state index contributed by atoms with van der Waals surface area (Å²) in [5.74, 6) is -1.52. The second kappa shape index (κ2) is 17.5. The first kappa shape index (κ1) is 41.3. The van der Waals surface area contributed by atoms with E-state index in [1.54, 1.807) is 30.6 Å². The van der Waals surface area contributed by atoms with Gasteiger partial charge in [0.15, 0.2) is 5.78 Å². The summed E-state index contributed by atoms with van der Waals surface area (Å²) in [4.78, 5) is 76.2. The number of amides is 3. The van der Waals surface area contributed by atoms with Crippen LogP contribution < -0.4 is 5.32 Å². The molecule has 6 rings (SSSR count). The highest BCUT2D eigenvalue weighted by Gasteiger charge is 2.40. The summed E-state index contributed by atoms with van der Waals surface area (Å²) in [5.41, 5.74) is 4.54. The highest BCUT2D eigenvalue weighted by Crippen LogP contribution is 2.31. The Balaban J connectivity index is 1.08. The monoisotopic (exact) mass is 775 g/mol. The number of Topliss-reactive ketones (excluding diaryl/α,β-unsaturated/α-hetero) is 1. The molecule has 1 aromatic heterocycles.